The van der Waals surface area contributed by atoms with E-state index < -0.39 is 18.0 Å². The summed E-state index contributed by atoms with van der Waals surface area (Å²) in [5.74, 6) is -1.32. The smallest absolute Gasteiger partial charge is 0.325 e. The van der Waals surface area contributed by atoms with E-state index >= 15 is 0 Å². The van der Waals surface area contributed by atoms with Gasteiger partial charge < -0.3 is 20.2 Å². The Balaban J connectivity index is 4.54. The van der Waals surface area contributed by atoms with Crippen LogP contribution in [0, 0.1) is 0 Å². The van der Waals surface area contributed by atoms with Crippen LogP contribution in [-0.2, 0) is 9.59 Å². The summed E-state index contributed by atoms with van der Waals surface area (Å²) in [7, 11) is 3.20. The van der Waals surface area contributed by atoms with Gasteiger partial charge in [0.25, 0.3) is 0 Å². The highest BCUT2D eigenvalue weighted by atomic mass is 16.4. The summed E-state index contributed by atoms with van der Waals surface area (Å²) in [4.78, 5) is 36.7. The Morgan fingerprint density at radius 3 is 2.22 bits per heavy atom. The Kier molecular flexibility index (Phi) is 6.77. The summed E-state index contributed by atoms with van der Waals surface area (Å²) in [6.07, 6.45) is 0.690. The van der Waals surface area contributed by atoms with Crippen molar-refractivity contribution in [2.75, 3.05) is 27.2 Å². The van der Waals surface area contributed by atoms with Gasteiger partial charge in [0.1, 0.15) is 12.6 Å². The third-order valence-electron chi connectivity index (χ3n) is 2.32. The van der Waals surface area contributed by atoms with Crippen molar-refractivity contribution in [3.63, 3.8) is 0 Å². The quantitative estimate of drug-likeness (QED) is 0.701. The van der Waals surface area contributed by atoms with E-state index in [0.717, 1.165) is 0 Å². The van der Waals surface area contributed by atoms with Crippen LogP contribution in [0.25, 0.3) is 0 Å². The molecule has 104 valence electrons. The molecule has 3 amide bonds. The average molecular weight is 259 g/mol. The zero-order valence-corrected chi connectivity index (χ0v) is 11.3. The molecule has 0 rings (SSSR count). The number of rotatable bonds is 6. The number of carbonyl (C=O) groups excluding carboxylic acids is 2. The molecule has 0 unspecified atom stereocenters. The van der Waals surface area contributed by atoms with Crippen molar-refractivity contribution < 1.29 is 19.5 Å². The lowest BCUT2D eigenvalue weighted by molar-refractivity contribution is -0.138. The molecular weight excluding hydrogens is 238 g/mol. The van der Waals surface area contributed by atoms with Gasteiger partial charge in [-0.25, -0.2) is 4.79 Å². The van der Waals surface area contributed by atoms with Gasteiger partial charge in [0.2, 0.25) is 5.91 Å². The number of urea groups is 1. The lowest BCUT2D eigenvalue weighted by Gasteiger charge is -2.24. The van der Waals surface area contributed by atoms with E-state index in [1.54, 1.807) is 14.1 Å². The molecule has 0 aliphatic heterocycles. The summed E-state index contributed by atoms with van der Waals surface area (Å²) >= 11 is 0. The van der Waals surface area contributed by atoms with Gasteiger partial charge in [0.05, 0.1) is 0 Å². The third kappa shape index (κ3) is 5.51. The molecule has 2 N–H and O–H groups in total. The number of amides is 3. The van der Waals surface area contributed by atoms with Crippen molar-refractivity contribution in [1.82, 2.24) is 15.1 Å². The first kappa shape index (κ1) is 16.2. The molecule has 0 bridgehead atoms. The zero-order chi connectivity index (χ0) is 14.3. The Morgan fingerprint density at radius 1 is 1.28 bits per heavy atom. The molecule has 0 saturated carbocycles. The van der Waals surface area contributed by atoms with E-state index in [9.17, 15) is 14.4 Å². The molecule has 0 saturated heterocycles. The Morgan fingerprint density at radius 2 is 1.83 bits per heavy atom. The highest BCUT2D eigenvalue weighted by Gasteiger charge is 2.21. The molecule has 0 aliphatic rings. The SMILES string of the molecule is CCCN(CC(=O)N(C)C)C(=O)N[C@@H](C)C(=O)O. The van der Waals surface area contributed by atoms with Crippen LogP contribution in [0.2, 0.25) is 0 Å². The van der Waals surface area contributed by atoms with Crippen molar-refractivity contribution in [3.05, 3.63) is 0 Å². The second-order valence-corrected chi connectivity index (χ2v) is 4.22. The molecule has 0 aromatic carbocycles. The number of hydrogen-bond donors (Lipinski definition) is 2. The van der Waals surface area contributed by atoms with Crippen molar-refractivity contribution in [2.45, 2.75) is 26.3 Å². The van der Waals surface area contributed by atoms with Gasteiger partial charge in [-0.2, -0.15) is 0 Å². The van der Waals surface area contributed by atoms with E-state index in [4.69, 9.17) is 5.11 Å². The van der Waals surface area contributed by atoms with Crippen LogP contribution < -0.4 is 5.32 Å². The summed E-state index contributed by atoms with van der Waals surface area (Å²) in [6.45, 7) is 3.59. The van der Waals surface area contributed by atoms with Crippen molar-refractivity contribution in [3.8, 4) is 0 Å². The molecule has 0 fully saturated rings. The predicted octanol–water partition coefficient (Wildman–Crippen LogP) is -0.0307. The van der Waals surface area contributed by atoms with Crippen LogP contribution in [0.5, 0.6) is 0 Å². The van der Waals surface area contributed by atoms with Gasteiger partial charge in [-0.1, -0.05) is 6.92 Å². The average Bonchev–Trinajstić information content (AvgIpc) is 2.27. The fourth-order valence-electron chi connectivity index (χ4n) is 1.17. The zero-order valence-electron chi connectivity index (χ0n) is 11.3. The molecule has 0 spiro atoms. The lowest BCUT2D eigenvalue weighted by atomic mass is 10.3. The van der Waals surface area contributed by atoms with E-state index in [2.05, 4.69) is 5.32 Å². The predicted molar refractivity (Wildman–Crippen MR) is 66.2 cm³/mol. The van der Waals surface area contributed by atoms with Crippen LogP contribution in [0.1, 0.15) is 20.3 Å². The second kappa shape index (κ2) is 7.52. The fourth-order valence-corrected chi connectivity index (χ4v) is 1.17. The molecule has 18 heavy (non-hydrogen) atoms. The molecule has 0 heterocycles. The largest absolute Gasteiger partial charge is 0.480 e. The number of carboxylic acid groups (broad SMARTS) is 1. The number of carbonyl (C=O) groups is 3. The van der Waals surface area contributed by atoms with E-state index in [0.29, 0.717) is 13.0 Å². The molecule has 1 atom stereocenters. The minimum atomic E-state index is -1.11. The lowest BCUT2D eigenvalue weighted by Crippen LogP contribution is -2.49. The van der Waals surface area contributed by atoms with Gasteiger partial charge in [-0.3, -0.25) is 9.59 Å². The number of aliphatic carboxylic acids is 1. The van der Waals surface area contributed by atoms with Gasteiger partial charge in [-0.15, -0.1) is 0 Å². The van der Waals surface area contributed by atoms with Crippen molar-refractivity contribution >= 4 is 17.9 Å². The number of hydrogen-bond acceptors (Lipinski definition) is 3. The van der Waals surface area contributed by atoms with Gasteiger partial charge in [-0.05, 0) is 13.3 Å². The maximum Gasteiger partial charge on any atom is 0.325 e. The van der Waals surface area contributed by atoms with E-state index in [1.807, 2.05) is 6.92 Å². The first-order valence-corrected chi connectivity index (χ1v) is 5.78. The van der Waals surface area contributed by atoms with Crippen LogP contribution in [0.4, 0.5) is 4.79 Å². The molecule has 7 heteroatoms. The van der Waals surface area contributed by atoms with Crippen LogP contribution >= 0.6 is 0 Å². The Hall–Kier alpha value is -1.79. The normalized spacial score (nSPS) is 11.6. The summed E-state index contributed by atoms with van der Waals surface area (Å²) in [5, 5.41) is 11.0. The van der Waals surface area contributed by atoms with Gasteiger partial charge in [0.15, 0.2) is 0 Å². The van der Waals surface area contributed by atoms with Crippen LogP contribution in [-0.4, -0.2) is 66.0 Å². The first-order chi connectivity index (χ1) is 8.29. The van der Waals surface area contributed by atoms with E-state index in [-0.39, 0.29) is 12.5 Å². The third-order valence-corrected chi connectivity index (χ3v) is 2.32. The summed E-state index contributed by atoms with van der Waals surface area (Å²) < 4.78 is 0. The molecule has 0 aliphatic carbocycles. The number of carboxylic acids is 1. The molecule has 0 aromatic heterocycles. The minimum absolute atomic E-state index is 0.0565. The molecule has 0 aromatic rings. The minimum Gasteiger partial charge on any atom is -0.480 e. The number of nitrogens with zero attached hydrogens (tertiary/aromatic N) is 2. The molecule has 0 radical (unpaired) electrons. The highest BCUT2D eigenvalue weighted by molar-refractivity contribution is 5.86. The Bertz CT molecular complexity index is 317. The fraction of sp³-hybridized carbons (Fsp3) is 0.727. The van der Waals surface area contributed by atoms with Crippen LogP contribution in [0.15, 0.2) is 0 Å². The first-order valence-electron chi connectivity index (χ1n) is 5.78. The maximum atomic E-state index is 11.8. The topological polar surface area (TPSA) is 90.0 Å². The van der Waals surface area contributed by atoms with Crippen LogP contribution in [0.3, 0.4) is 0 Å². The van der Waals surface area contributed by atoms with E-state index in [1.165, 1.54) is 16.7 Å². The van der Waals surface area contributed by atoms with Gasteiger partial charge in [0, 0.05) is 20.6 Å². The monoisotopic (exact) mass is 259 g/mol. The number of nitrogens with one attached hydrogen (secondary N) is 1. The molecule has 7 nitrogen and oxygen atoms in total. The molecular formula is C11H21N3O4. The maximum absolute atomic E-state index is 11.8. The van der Waals surface area contributed by atoms with Gasteiger partial charge >= 0.3 is 12.0 Å². The Labute approximate surface area is 107 Å². The van der Waals surface area contributed by atoms with Crippen molar-refractivity contribution in [1.29, 1.82) is 0 Å². The summed E-state index contributed by atoms with van der Waals surface area (Å²) in [5.41, 5.74) is 0. The second-order valence-electron chi connectivity index (χ2n) is 4.22. The standard InChI is InChI=1S/C11H21N3O4/c1-5-6-14(7-9(15)13(3)4)11(18)12-8(2)10(16)17/h8H,5-7H2,1-4H3,(H,12,18)(H,16,17)/t8-/m0/s1. The highest BCUT2D eigenvalue weighted by Crippen LogP contribution is 1.96. The number of likely N-dealkylation sites (N-methyl/N-ethyl adjacent to an activating group) is 1. The van der Waals surface area contributed by atoms with Crippen molar-refractivity contribution in [2.24, 2.45) is 0 Å². The summed E-state index contributed by atoms with van der Waals surface area (Å²) in [6, 6.07) is -1.52.